The van der Waals surface area contributed by atoms with Gasteiger partial charge >= 0.3 is 0 Å². The van der Waals surface area contributed by atoms with Crippen molar-refractivity contribution in [1.29, 1.82) is 15.8 Å². The molecular weight excluding hydrogens is 189 g/mol. The summed E-state index contributed by atoms with van der Waals surface area (Å²) in [5.41, 5.74) is 0.247. The van der Waals surface area contributed by atoms with E-state index in [1.165, 1.54) is 0 Å². The van der Waals surface area contributed by atoms with Crippen molar-refractivity contribution in [2.24, 2.45) is 0 Å². The molecule has 0 aliphatic carbocycles. The summed E-state index contributed by atoms with van der Waals surface area (Å²) < 4.78 is 5.45. The van der Waals surface area contributed by atoms with Gasteiger partial charge in [-0.05, 0) is 19.3 Å². The highest BCUT2D eigenvalue weighted by molar-refractivity contribution is 6.24. The minimum Gasteiger partial charge on any atom is -0.481 e. The fourth-order valence-corrected chi connectivity index (χ4v) is 1.29. The zero-order valence-corrected chi connectivity index (χ0v) is 8.75. The monoisotopic (exact) mass is 197 g/mol. The molecule has 0 saturated carbocycles. The second-order valence-electron chi connectivity index (χ2n) is 3.65. The van der Waals surface area contributed by atoms with Gasteiger partial charge in [-0.3, -0.25) is 0 Å². The number of rotatable bonds is 0. The summed E-state index contributed by atoms with van der Waals surface area (Å²) in [7, 11) is 1.76. The summed E-state index contributed by atoms with van der Waals surface area (Å²) in [6.07, 6.45) is 0. The van der Waals surface area contributed by atoms with Gasteiger partial charge in [0.1, 0.15) is 31.7 Å². The Bertz CT molecular complexity index is 478. The number of hydrogen-bond acceptors (Lipinski definition) is 4. The number of hydrogen-bond donors (Lipinski definition) is 0. The lowest BCUT2D eigenvalue weighted by molar-refractivity contribution is 0.0982. The average molecular weight is 197 g/mol. The van der Waals surface area contributed by atoms with Gasteiger partial charge in [-0.1, -0.05) is 0 Å². The van der Waals surface area contributed by atoms with Gasteiger partial charge in [-0.25, -0.2) is 0 Å². The van der Waals surface area contributed by atoms with Crippen LogP contribution in [0.2, 0.25) is 0 Å². The molecule has 1 rings (SSSR count). The Hall–Kier alpha value is -2.19. The van der Waals surface area contributed by atoms with Crippen LogP contribution in [0.4, 0.5) is 0 Å². The van der Waals surface area contributed by atoms with E-state index in [9.17, 15) is 0 Å². The van der Waals surface area contributed by atoms with Crippen LogP contribution >= 0.6 is 0 Å². The molecule has 1 heterocycles. The maximum absolute atomic E-state index is 8.94. The van der Waals surface area contributed by atoms with Crippen molar-refractivity contribution in [3.05, 3.63) is 22.4 Å². The minimum atomic E-state index is -0.626. The first-order valence-corrected chi connectivity index (χ1v) is 4.33. The van der Waals surface area contributed by atoms with Gasteiger partial charge in [0.25, 0.3) is 0 Å². The molecule has 0 aromatic carbocycles. The maximum atomic E-state index is 8.94. The fourth-order valence-electron chi connectivity index (χ4n) is 1.29. The second-order valence-corrected chi connectivity index (χ2v) is 3.65. The van der Waals surface area contributed by atoms with Crippen LogP contribution in [0.15, 0.2) is 22.4 Å². The molecule has 0 bridgehead atoms. The lowest BCUT2D eigenvalue weighted by atomic mass is 9.80. The van der Waals surface area contributed by atoms with E-state index in [2.05, 4.69) is 0 Å². The highest BCUT2D eigenvalue weighted by Gasteiger charge is 2.36. The Kier molecular flexibility index (Phi) is 2.56. The smallest absolute Gasteiger partial charge is 0.172 e. The first-order valence-electron chi connectivity index (χ1n) is 4.33. The molecule has 0 saturated heterocycles. The fraction of sp³-hybridized carbons (Fsp3) is 0.300. The van der Waals surface area contributed by atoms with E-state index < -0.39 is 5.60 Å². The van der Waals surface area contributed by atoms with Gasteiger partial charge in [0.2, 0.25) is 0 Å². The van der Waals surface area contributed by atoms with Crippen LogP contribution in [0.5, 0.6) is 0 Å². The Morgan fingerprint density at radius 1 is 1.27 bits per heavy atom. The summed E-state index contributed by atoms with van der Waals surface area (Å²) in [5, 5.41) is 26.4. The van der Waals surface area contributed by atoms with Crippen molar-refractivity contribution in [1.82, 2.24) is 0 Å². The molecule has 0 amide bonds. The molecule has 72 valence electrons. The van der Waals surface area contributed by atoms with Crippen molar-refractivity contribution in [3.8, 4) is 18.2 Å². The lowest BCUT2D eigenvalue weighted by Gasteiger charge is -2.20. The molecule has 1 aliphatic rings. The predicted octanol–water partition coefficient (Wildman–Crippen LogP) is 0.507. The van der Waals surface area contributed by atoms with Crippen LogP contribution < -0.4 is 0 Å². The number of allylic oxidation sites excluding steroid dienone is 2. The Labute approximate surface area is 89.1 Å². The largest absolute Gasteiger partial charge is 0.481 e. The molecule has 1 aliphatic heterocycles. The standard InChI is InChI=1S/C10H8BN3O/c1-10(2)9(11)7(5-14)8(15-10)6(3-12)4-13/h11H2,1-2H3. The van der Waals surface area contributed by atoms with Gasteiger partial charge in [-0.2, -0.15) is 15.8 Å². The highest BCUT2D eigenvalue weighted by atomic mass is 16.5. The van der Waals surface area contributed by atoms with E-state index in [0.717, 1.165) is 5.47 Å². The van der Waals surface area contributed by atoms with Crippen LogP contribution in [-0.4, -0.2) is 13.4 Å². The average Bonchev–Trinajstić information content (AvgIpc) is 2.40. The van der Waals surface area contributed by atoms with Gasteiger partial charge < -0.3 is 4.74 Å². The van der Waals surface area contributed by atoms with Crippen molar-refractivity contribution in [3.63, 3.8) is 0 Å². The lowest BCUT2D eigenvalue weighted by Crippen LogP contribution is -2.21. The van der Waals surface area contributed by atoms with Gasteiger partial charge in [-0.15, -0.1) is 0 Å². The maximum Gasteiger partial charge on any atom is 0.172 e. The van der Waals surface area contributed by atoms with E-state index >= 15 is 0 Å². The third-order valence-corrected chi connectivity index (χ3v) is 2.42. The zero-order chi connectivity index (χ0) is 11.6. The molecule has 15 heavy (non-hydrogen) atoms. The summed E-state index contributed by atoms with van der Waals surface area (Å²) in [4.78, 5) is 0. The van der Waals surface area contributed by atoms with Crippen LogP contribution in [0.3, 0.4) is 0 Å². The molecule has 0 spiro atoms. The van der Waals surface area contributed by atoms with Crippen LogP contribution in [0.25, 0.3) is 0 Å². The number of ether oxygens (including phenoxy) is 1. The molecule has 0 fully saturated rings. The summed E-state index contributed by atoms with van der Waals surface area (Å²) in [6.45, 7) is 3.58. The molecule has 0 aromatic heterocycles. The van der Waals surface area contributed by atoms with E-state index in [1.54, 1.807) is 33.8 Å². The number of nitrogens with zero attached hydrogens (tertiary/aromatic N) is 3. The van der Waals surface area contributed by atoms with Crippen LogP contribution in [-0.2, 0) is 4.74 Å². The topological polar surface area (TPSA) is 80.6 Å². The van der Waals surface area contributed by atoms with Gasteiger partial charge in [0.15, 0.2) is 11.3 Å². The van der Waals surface area contributed by atoms with E-state index in [0.29, 0.717) is 0 Å². The van der Waals surface area contributed by atoms with E-state index in [4.69, 9.17) is 20.5 Å². The summed E-state index contributed by atoms with van der Waals surface area (Å²) in [6, 6.07) is 5.41. The SMILES string of the molecule is BC1=C(C#N)C(=C(C#N)C#N)OC1(C)C. The van der Waals surface area contributed by atoms with Crippen molar-refractivity contribution in [2.75, 3.05) is 0 Å². The predicted molar refractivity (Wildman–Crippen MR) is 54.6 cm³/mol. The van der Waals surface area contributed by atoms with Crippen LogP contribution in [0.1, 0.15) is 13.8 Å². The second kappa shape index (κ2) is 3.52. The molecular formula is C10H8BN3O. The Balaban J connectivity index is 3.47. The third kappa shape index (κ3) is 1.58. The molecule has 0 N–H and O–H groups in total. The molecule has 0 radical (unpaired) electrons. The summed E-state index contributed by atoms with van der Waals surface area (Å²) >= 11 is 0. The Morgan fingerprint density at radius 2 is 1.80 bits per heavy atom. The van der Waals surface area contributed by atoms with Crippen molar-refractivity contribution < 1.29 is 4.74 Å². The Morgan fingerprint density at radius 3 is 2.20 bits per heavy atom. The zero-order valence-electron chi connectivity index (χ0n) is 8.75. The molecule has 0 atom stereocenters. The molecule has 5 heteroatoms. The van der Waals surface area contributed by atoms with Crippen molar-refractivity contribution >= 4 is 7.85 Å². The van der Waals surface area contributed by atoms with Crippen LogP contribution in [0, 0.1) is 34.0 Å². The highest BCUT2D eigenvalue weighted by Crippen LogP contribution is 2.37. The minimum absolute atomic E-state index is 0.102. The first-order chi connectivity index (χ1) is 6.97. The van der Waals surface area contributed by atoms with E-state index in [-0.39, 0.29) is 16.9 Å². The molecule has 4 nitrogen and oxygen atoms in total. The normalized spacial score (nSPS) is 17.4. The van der Waals surface area contributed by atoms with Crippen molar-refractivity contribution in [2.45, 2.75) is 19.4 Å². The van der Waals surface area contributed by atoms with Gasteiger partial charge in [0, 0.05) is 0 Å². The molecule has 0 aromatic rings. The quantitative estimate of drug-likeness (QED) is 0.418. The number of nitriles is 3. The summed E-state index contributed by atoms with van der Waals surface area (Å²) in [5.74, 6) is 0.102. The molecule has 0 unspecified atom stereocenters. The first kappa shape index (κ1) is 10.9. The third-order valence-electron chi connectivity index (χ3n) is 2.42. The van der Waals surface area contributed by atoms with Gasteiger partial charge in [0.05, 0.1) is 5.57 Å². The van der Waals surface area contributed by atoms with E-state index in [1.807, 2.05) is 6.07 Å².